The van der Waals surface area contributed by atoms with E-state index in [1.54, 1.807) is 0 Å². The predicted octanol–water partition coefficient (Wildman–Crippen LogP) is 1.72. The average molecular weight is 367 g/mol. The van der Waals surface area contributed by atoms with E-state index in [9.17, 15) is 18.0 Å². The molecule has 0 bridgehead atoms. The van der Waals surface area contributed by atoms with Gasteiger partial charge in [0.1, 0.15) is 0 Å². The second kappa shape index (κ2) is 7.53. The van der Waals surface area contributed by atoms with Crippen LogP contribution in [0.3, 0.4) is 0 Å². The van der Waals surface area contributed by atoms with Gasteiger partial charge in [-0.1, -0.05) is 12.8 Å². The zero-order chi connectivity index (χ0) is 17.9. The number of nitrogens with zero attached hydrogens (tertiary/aromatic N) is 1. The van der Waals surface area contributed by atoms with Crippen LogP contribution in [-0.4, -0.2) is 50.5 Å². The lowest BCUT2D eigenvalue weighted by atomic mass is 10.2. The van der Waals surface area contributed by atoms with Crippen molar-refractivity contribution in [3.63, 3.8) is 0 Å². The largest absolute Gasteiger partial charge is 0.463 e. The second-order valence-electron chi connectivity index (χ2n) is 6.19. The molecular formula is C17H21NO6S. The van der Waals surface area contributed by atoms with Gasteiger partial charge in [0, 0.05) is 19.5 Å². The fraction of sp³-hybridized carbons (Fsp3) is 0.529. The van der Waals surface area contributed by atoms with Crippen molar-refractivity contribution in [3.05, 3.63) is 29.8 Å². The Morgan fingerprint density at radius 1 is 1.08 bits per heavy atom. The van der Waals surface area contributed by atoms with E-state index in [-0.39, 0.29) is 17.1 Å². The van der Waals surface area contributed by atoms with Gasteiger partial charge in [0.25, 0.3) is 0 Å². The maximum atomic E-state index is 12.7. The van der Waals surface area contributed by atoms with Gasteiger partial charge in [0.05, 0.1) is 17.1 Å². The SMILES string of the molecule is O=C(O[C@H]1CCOC1=O)c1ccc(S(=O)(=O)N2CCCCCC2)cc1. The minimum Gasteiger partial charge on any atom is -0.463 e. The highest BCUT2D eigenvalue weighted by Gasteiger charge is 2.31. The second-order valence-corrected chi connectivity index (χ2v) is 8.13. The van der Waals surface area contributed by atoms with Crippen molar-refractivity contribution in [1.29, 1.82) is 0 Å². The predicted molar refractivity (Wildman–Crippen MR) is 88.4 cm³/mol. The van der Waals surface area contributed by atoms with E-state index in [4.69, 9.17) is 9.47 Å². The van der Waals surface area contributed by atoms with Gasteiger partial charge in [-0.05, 0) is 37.1 Å². The van der Waals surface area contributed by atoms with Gasteiger partial charge in [-0.2, -0.15) is 4.31 Å². The van der Waals surface area contributed by atoms with E-state index in [1.807, 2.05) is 0 Å². The van der Waals surface area contributed by atoms with Crippen molar-refractivity contribution >= 4 is 22.0 Å². The summed E-state index contributed by atoms with van der Waals surface area (Å²) in [6, 6.07) is 5.63. The normalized spacial score (nSPS) is 22.2. The molecule has 0 saturated carbocycles. The third-order valence-electron chi connectivity index (χ3n) is 4.43. The van der Waals surface area contributed by atoms with Crippen molar-refractivity contribution in [3.8, 4) is 0 Å². The molecule has 0 unspecified atom stereocenters. The number of carbonyl (C=O) groups excluding carboxylic acids is 2. The highest BCUT2D eigenvalue weighted by molar-refractivity contribution is 7.89. The molecule has 3 rings (SSSR count). The van der Waals surface area contributed by atoms with E-state index in [0.717, 1.165) is 25.7 Å². The number of esters is 2. The molecule has 0 radical (unpaired) electrons. The molecule has 0 N–H and O–H groups in total. The minimum atomic E-state index is -3.55. The molecule has 2 aliphatic heterocycles. The van der Waals surface area contributed by atoms with Crippen LogP contribution in [0.15, 0.2) is 29.2 Å². The molecule has 0 spiro atoms. The van der Waals surface area contributed by atoms with Crippen LogP contribution >= 0.6 is 0 Å². The zero-order valence-corrected chi connectivity index (χ0v) is 14.7. The van der Waals surface area contributed by atoms with Crippen LogP contribution in [0.1, 0.15) is 42.5 Å². The van der Waals surface area contributed by atoms with Gasteiger partial charge in [-0.25, -0.2) is 18.0 Å². The highest BCUT2D eigenvalue weighted by Crippen LogP contribution is 2.21. The number of hydrogen-bond acceptors (Lipinski definition) is 6. The van der Waals surface area contributed by atoms with Gasteiger partial charge >= 0.3 is 11.9 Å². The van der Waals surface area contributed by atoms with Crippen molar-refractivity contribution in [2.24, 2.45) is 0 Å². The molecule has 2 heterocycles. The Kier molecular flexibility index (Phi) is 5.39. The molecule has 0 amide bonds. The van der Waals surface area contributed by atoms with Crippen LogP contribution in [0.4, 0.5) is 0 Å². The van der Waals surface area contributed by atoms with E-state index in [2.05, 4.69) is 0 Å². The quantitative estimate of drug-likeness (QED) is 0.753. The molecule has 25 heavy (non-hydrogen) atoms. The molecule has 1 aromatic carbocycles. The third kappa shape index (κ3) is 4.01. The summed E-state index contributed by atoms with van der Waals surface area (Å²) in [4.78, 5) is 23.6. The summed E-state index contributed by atoms with van der Waals surface area (Å²) in [5.74, 6) is -1.21. The Hall–Kier alpha value is -1.93. The van der Waals surface area contributed by atoms with Gasteiger partial charge in [0.2, 0.25) is 16.1 Å². The number of ether oxygens (including phenoxy) is 2. The number of rotatable bonds is 4. The number of cyclic esters (lactones) is 1. The van der Waals surface area contributed by atoms with Gasteiger partial charge < -0.3 is 9.47 Å². The lowest BCUT2D eigenvalue weighted by Gasteiger charge is -2.20. The van der Waals surface area contributed by atoms with E-state index in [1.165, 1.54) is 28.6 Å². The summed E-state index contributed by atoms with van der Waals surface area (Å²) in [7, 11) is -3.55. The summed E-state index contributed by atoms with van der Waals surface area (Å²) in [6.07, 6.45) is 3.27. The lowest BCUT2D eigenvalue weighted by molar-refractivity contribution is -0.145. The number of carbonyl (C=O) groups is 2. The standard InChI is InChI=1S/C17H21NO6S/c19-16(24-15-9-12-23-17(15)20)13-5-7-14(8-6-13)25(21,22)18-10-3-1-2-4-11-18/h5-8,15H,1-4,9-12H2/t15-/m0/s1. The number of benzene rings is 1. The average Bonchev–Trinajstić information content (AvgIpc) is 2.85. The Balaban J connectivity index is 1.70. The smallest absolute Gasteiger partial charge is 0.347 e. The van der Waals surface area contributed by atoms with Gasteiger partial charge in [-0.3, -0.25) is 0 Å². The van der Waals surface area contributed by atoms with Crippen LogP contribution in [0, 0.1) is 0 Å². The first-order valence-corrected chi connectivity index (χ1v) is 9.90. The molecule has 8 heteroatoms. The molecule has 7 nitrogen and oxygen atoms in total. The molecule has 2 saturated heterocycles. The number of hydrogen-bond donors (Lipinski definition) is 0. The summed E-state index contributed by atoms with van der Waals surface area (Å²) in [6.45, 7) is 1.29. The molecule has 136 valence electrons. The molecule has 2 aliphatic rings. The fourth-order valence-corrected chi connectivity index (χ4v) is 4.49. The van der Waals surface area contributed by atoms with Crippen LogP contribution in [0.25, 0.3) is 0 Å². The van der Waals surface area contributed by atoms with E-state index >= 15 is 0 Å². The molecule has 1 aromatic rings. The summed E-state index contributed by atoms with van der Waals surface area (Å²) < 4.78 is 36.7. The molecule has 1 atom stereocenters. The zero-order valence-electron chi connectivity index (χ0n) is 13.8. The van der Waals surface area contributed by atoms with Crippen LogP contribution in [-0.2, 0) is 24.3 Å². The third-order valence-corrected chi connectivity index (χ3v) is 6.34. The molecule has 0 aromatic heterocycles. The van der Waals surface area contributed by atoms with Crippen molar-refractivity contribution < 1.29 is 27.5 Å². The molecule has 2 fully saturated rings. The maximum absolute atomic E-state index is 12.7. The fourth-order valence-electron chi connectivity index (χ4n) is 2.98. The van der Waals surface area contributed by atoms with Gasteiger partial charge in [0.15, 0.2) is 0 Å². The first kappa shape index (κ1) is 17.9. The monoisotopic (exact) mass is 367 g/mol. The summed E-state index contributed by atoms with van der Waals surface area (Å²) in [5.41, 5.74) is 0.203. The van der Waals surface area contributed by atoms with Crippen molar-refractivity contribution in [2.45, 2.75) is 43.1 Å². The Morgan fingerprint density at radius 2 is 1.72 bits per heavy atom. The van der Waals surface area contributed by atoms with Crippen LogP contribution in [0.2, 0.25) is 0 Å². The summed E-state index contributed by atoms with van der Waals surface area (Å²) >= 11 is 0. The Morgan fingerprint density at radius 3 is 2.28 bits per heavy atom. The topological polar surface area (TPSA) is 90.0 Å². The Labute approximate surface area is 147 Å². The first-order chi connectivity index (χ1) is 12.0. The van der Waals surface area contributed by atoms with Crippen molar-refractivity contribution in [1.82, 2.24) is 4.31 Å². The maximum Gasteiger partial charge on any atom is 0.347 e. The summed E-state index contributed by atoms with van der Waals surface area (Å²) in [5, 5.41) is 0. The minimum absolute atomic E-state index is 0.159. The van der Waals surface area contributed by atoms with Crippen molar-refractivity contribution in [2.75, 3.05) is 19.7 Å². The molecule has 0 aliphatic carbocycles. The van der Waals surface area contributed by atoms with E-state index < -0.39 is 28.1 Å². The molecular weight excluding hydrogens is 346 g/mol. The van der Waals surface area contributed by atoms with E-state index in [0.29, 0.717) is 19.5 Å². The Bertz CT molecular complexity index is 735. The van der Waals surface area contributed by atoms with Gasteiger partial charge in [-0.15, -0.1) is 0 Å². The number of sulfonamides is 1. The lowest BCUT2D eigenvalue weighted by Crippen LogP contribution is -2.32. The van der Waals surface area contributed by atoms with Crippen LogP contribution in [0.5, 0.6) is 0 Å². The highest BCUT2D eigenvalue weighted by atomic mass is 32.2. The van der Waals surface area contributed by atoms with Crippen LogP contribution < -0.4 is 0 Å². The first-order valence-electron chi connectivity index (χ1n) is 8.46.